The first-order valence-corrected chi connectivity index (χ1v) is 8.63. The zero-order valence-corrected chi connectivity index (χ0v) is 14.9. The van der Waals surface area contributed by atoms with E-state index >= 15 is 0 Å². The molecule has 0 unspecified atom stereocenters. The first-order valence-electron chi connectivity index (χ1n) is 8.25. The second-order valence-electron chi connectivity index (χ2n) is 6.19. The predicted octanol–water partition coefficient (Wildman–Crippen LogP) is 3.41. The average Bonchev–Trinajstić information content (AvgIpc) is 3.02. The molecule has 0 saturated heterocycles. The van der Waals surface area contributed by atoms with Gasteiger partial charge in [-0.25, -0.2) is 4.79 Å². The highest BCUT2D eigenvalue weighted by molar-refractivity contribution is 6.30. The zero-order chi connectivity index (χ0) is 17.6. The molecule has 6 heteroatoms. The Balaban J connectivity index is 1.77. The molecule has 1 fully saturated rings. The predicted molar refractivity (Wildman–Crippen MR) is 92.3 cm³/mol. The first-order chi connectivity index (χ1) is 11.5. The van der Waals surface area contributed by atoms with Crippen LogP contribution < -0.4 is 10.1 Å². The van der Waals surface area contributed by atoms with Gasteiger partial charge in [0.05, 0.1) is 13.7 Å². The minimum atomic E-state index is -0.834. The molecular formula is C18H24ClNO4. The Kier molecular flexibility index (Phi) is 6.49. The Hall–Kier alpha value is -1.75. The lowest BCUT2D eigenvalue weighted by atomic mass is 9.97. The number of hydrogen-bond donors (Lipinski definition) is 1. The summed E-state index contributed by atoms with van der Waals surface area (Å²) in [6, 6.07) is 5.43. The van der Waals surface area contributed by atoms with E-state index < -0.39 is 5.54 Å². The van der Waals surface area contributed by atoms with E-state index in [4.69, 9.17) is 21.1 Å². The van der Waals surface area contributed by atoms with Crippen molar-refractivity contribution in [3.8, 4) is 5.75 Å². The molecule has 132 valence electrons. The number of ether oxygens (including phenoxy) is 2. The van der Waals surface area contributed by atoms with Crippen LogP contribution in [-0.2, 0) is 14.3 Å². The number of hydrogen-bond acceptors (Lipinski definition) is 4. The van der Waals surface area contributed by atoms with Gasteiger partial charge in [-0.05, 0) is 49.9 Å². The highest BCUT2D eigenvalue weighted by Crippen LogP contribution is 2.31. The molecule has 0 radical (unpaired) electrons. The molecule has 2 rings (SSSR count). The van der Waals surface area contributed by atoms with E-state index in [9.17, 15) is 9.59 Å². The van der Waals surface area contributed by atoms with E-state index in [1.807, 2.05) is 19.1 Å². The number of halogens is 1. The SMILES string of the molecule is COC(=O)C1(NC(=O)CCCOc2ccc(Cl)cc2C)CCCC1. The van der Waals surface area contributed by atoms with Crippen LogP contribution in [-0.4, -0.2) is 31.1 Å². The number of carbonyl (C=O) groups is 2. The summed E-state index contributed by atoms with van der Waals surface area (Å²) < 4.78 is 10.5. The van der Waals surface area contributed by atoms with Gasteiger partial charge in [0.1, 0.15) is 11.3 Å². The second-order valence-corrected chi connectivity index (χ2v) is 6.63. The van der Waals surface area contributed by atoms with Crippen molar-refractivity contribution in [2.45, 2.75) is 51.0 Å². The number of benzene rings is 1. The summed E-state index contributed by atoms with van der Waals surface area (Å²) in [5.41, 5.74) is 0.127. The van der Waals surface area contributed by atoms with Crippen molar-refractivity contribution in [1.82, 2.24) is 5.32 Å². The monoisotopic (exact) mass is 353 g/mol. The van der Waals surface area contributed by atoms with E-state index in [-0.39, 0.29) is 11.9 Å². The maximum atomic E-state index is 12.2. The van der Waals surface area contributed by atoms with Crippen LogP contribution in [0.15, 0.2) is 18.2 Å². The highest BCUT2D eigenvalue weighted by atomic mass is 35.5. The van der Waals surface area contributed by atoms with Crippen molar-refractivity contribution in [3.63, 3.8) is 0 Å². The number of rotatable bonds is 7. The van der Waals surface area contributed by atoms with Crippen molar-refractivity contribution in [2.75, 3.05) is 13.7 Å². The van der Waals surface area contributed by atoms with Crippen molar-refractivity contribution in [1.29, 1.82) is 0 Å². The largest absolute Gasteiger partial charge is 0.493 e. The Morgan fingerprint density at radius 1 is 1.29 bits per heavy atom. The van der Waals surface area contributed by atoms with Crippen LogP contribution in [0.4, 0.5) is 0 Å². The Bertz CT molecular complexity index is 597. The number of esters is 1. The van der Waals surface area contributed by atoms with Gasteiger partial charge in [0.2, 0.25) is 5.91 Å². The van der Waals surface area contributed by atoms with Crippen LogP contribution in [0.25, 0.3) is 0 Å². The summed E-state index contributed by atoms with van der Waals surface area (Å²) in [5, 5.41) is 3.54. The Labute approximate surface area is 147 Å². The molecule has 0 aliphatic heterocycles. The normalized spacial score (nSPS) is 15.8. The average molecular weight is 354 g/mol. The van der Waals surface area contributed by atoms with Crippen LogP contribution in [0.1, 0.15) is 44.1 Å². The molecule has 1 aliphatic rings. The van der Waals surface area contributed by atoms with Gasteiger partial charge in [-0.2, -0.15) is 0 Å². The lowest BCUT2D eigenvalue weighted by Gasteiger charge is -2.27. The van der Waals surface area contributed by atoms with Gasteiger partial charge in [-0.3, -0.25) is 4.79 Å². The van der Waals surface area contributed by atoms with E-state index in [2.05, 4.69) is 5.32 Å². The maximum absolute atomic E-state index is 12.2. The van der Waals surface area contributed by atoms with Gasteiger partial charge in [-0.15, -0.1) is 0 Å². The maximum Gasteiger partial charge on any atom is 0.331 e. The summed E-state index contributed by atoms with van der Waals surface area (Å²) in [5.74, 6) is 0.279. The molecule has 1 saturated carbocycles. The summed E-state index contributed by atoms with van der Waals surface area (Å²) in [7, 11) is 1.36. The highest BCUT2D eigenvalue weighted by Gasteiger charge is 2.43. The molecule has 1 aliphatic carbocycles. The fourth-order valence-corrected chi connectivity index (χ4v) is 3.30. The number of aryl methyl sites for hydroxylation is 1. The first kappa shape index (κ1) is 18.6. The van der Waals surface area contributed by atoms with Crippen molar-refractivity contribution in [2.24, 2.45) is 0 Å². The minimum absolute atomic E-state index is 0.140. The van der Waals surface area contributed by atoms with Crippen LogP contribution in [0, 0.1) is 6.92 Å². The summed E-state index contributed by atoms with van der Waals surface area (Å²) in [4.78, 5) is 24.1. The molecule has 0 bridgehead atoms. The second kappa shape index (κ2) is 8.38. The fraction of sp³-hybridized carbons (Fsp3) is 0.556. The number of amides is 1. The van der Waals surface area contributed by atoms with E-state index in [0.717, 1.165) is 24.2 Å². The third kappa shape index (κ3) is 4.63. The zero-order valence-electron chi connectivity index (χ0n) is 14.2. The molecule has 1 N–H and O–H groups in total. The molecule has 0 spiro atoms. The lowest BCUT2D eigenvalue weighted by molar-refractivity contribution is -0.150. The van der Waals surface area contributed by atoms with Crippen LogP contribution in [0.5, 0.6) is 5.75 Å². The fourth-order valence-electron chi connectivity index (χ4n) is 3.07. The van der Waals surface area contributed by atoms with Crippen molar-refractivity contribution >= 4 is 23.5 Å². The standard InChI is InChI=1S/C18H24ClNO4/c1-13-12-14(19)7-8-15(13)24-11-5-6-16(21)20-18(17(22)23-2)9-3-4-10-18/h7-8,12H,3-6,9-11H2,1-2H3,(H,20,21). The molecule has 0 atom stereocenters. The topological polar surface area (TPSA) is 64.6 Å². The van der Waals surface area contributed by atoms with Gasteiger partial charge < -0.3 is 14.8 Å². The number of methoxy groups -OCH3 is 1. The molecule has 5 nitrogen and oxygen atoms in total. The van der Waals surface area contributed by atoms with Gasteiger partial charge in [0.15, 0.2) is 0 Å². The smallest absolute Gasteiger partial charge is 0.331 e. The van der Waals surface area contributed by atoms with Crippen molar-refractivity contribution < 1.29 is 19.1 Å². The summed E-state index contributed by atoms with van der Waals surface area (Å²) >= 11 is 5.91. The quantitative estimate of drug-likeness (QED) is 0.602. The van der Waals surface area contributed by atoms with Crippen LogP contribution in [0.2, 0.25) is 5.02 Å². The molecular weight excluding hydrogens is 330 g/mol. The van der Waals surface area contributed by atoms with E-state index in [0.29, 0.717) is 37.3 Å². The van der Waals surface area contributed by atoms with E-state index in [1.54, 1.807) is 6.07 Å². The summed E-state index contributed by atoms with van der Waals surface area (Å²) in [6.45, 7) is 2.36. The molecule has 0 heterocycles. The van der Waals surface area contributed by atoms with Gasteiger partial charge in [-0.1, -0.05) is 24.4 Å². The van der Waals surface area contributed by atoms with Crippen LogP contribution >= 0.6 is 11.6 Å². The van der Waals surface area contributed by atoms with Crippen molar-refractivity contribution in [3.05, 3.63) is 28.8 Å². The van der Waals surface area contributed by atoms with Gasteiger partial charge >= 0.3 is 5.97 Å². The molecule has 24 heavy (non-hydrogen) atoms. The third-order valence-electron chi connectivity index (χ3n) is 4.35. The summed E-state index contributed by atoms with van der Waals surface area (Å²) in [6.07, 6.45) is 4.02. The minimum Gasteiger partial charge on any atom is -0.493 e. The number of nitrogens with one attached hydrogen (secondary N) is 1. The Morgan fingerprint density at radius 3 is 2.62 bits per heavy atom. The molecule has 1 aromatic rings. The molecule has 1 aromatic carbocycles. The number of carbonyl (C=O) groups excluding carboxylic acids is 2. The lowest BCUT2D eigenvalue weighted by Crippen LogP contribution is -2.53. The Morgan fingerprint density at radius 2 is 2.00 bits per heavy atom. The van der Waals surface area contributed by atoms with Gasteiger partial charge in [0.25, 0.3) is 0 Å². The molecule has 1 amide bonds. The van der Waals surface area contributed by atoms with Gasteiger partial charge in [0, 0.05) is 11.4 Å². The third-order valence-corrected chi connectivity index (χ3v) is 4.59. The molecule has 0 aromatic heterocycles. The van der Waals surface area contributed by atoms with Crippen LogP contribution in [0.3, 0.4) is 0 Å². The van der Waals surface area contributed by atoms with E-state index in [1.165, 1.54) is 7.11 Å².